The zero-order chi connectivity index (χ0) is 20.0. The maximum absolute atomic E-state index is 12.6. The zero-order valence-electron chi connectivity index (χ0n) is 15.4. The molecule has 0 aliphatic carbocycles. The molecule has 2 aromatic carbocycles. The van der Waals surface area contributed by atoms with Gasteiger partial charge in [-0.15, -0.1) is 0 Å². The van der Waals surface area contributed by atoms with Crippen molar-refractivity contribution in [2.75, 3.05) is 10.6 Å². The topological polar surface area (TPSA) is 87.3 Å². The van der Waals surface area contributed by atoms with Crippen molar-refractivity contribution < 1.29 is 14.4 Å². The van der Waals surface area contributed by atoms with Gasteiger partial charge in [0.05, 0.1) is 0 Å². The molecule has 0 saturated carbocycles. The van der Waals surface area contributed by atoms with E-state index in [0.717, 1.165) is 4.47 Å². The van der Waals surface area contributed by atoms with Gasteiger partial charge in [0.2, 0.25) is 11.8 Å². The molecule has 0 heterocycles. The van der Waals surface area contributed by atoms with Gasteiger partial charge >= 0.3 is 0 Å². The molecule has 6 nitrogen and oxygen atoms in total. The molecule has 0 aliphatic rings. The summed E-state index contributed by atoms with van der Waals surface area (Å²) in [6.07, 6.45) is 0. The number of hydrogen-bond donors (Lipinski definition) is 3. The fourth-order valence-electron chi connectivity index (χ4n) is 2.42. The predicted octanol–water partition coefficient (Wildman–Crippen LogP) is 3.80. The molecular formula is C20H22BrN3O3. The van der Waals surface area contributed by atoms with Gasteiger partial charge in [-0.05, 0) is 54.4 Å². The number of carbonyl (C=O) groups is 3. The summed E-state index contributed by atoms with van der Waals surface area (Å²) in [4.78, 5) is 36.1. The summed E-state index contributed by atoms with van der Waals surface area (Å²) < 4.78 is 0.875. The van der Waals surface area contributed by atoms with E-state index in [0.29, 0.717) is 16.9 Å². The summed E-state index contributed by atoms with van der Waals surface area (Å²) in [5.74, 6) is -0.870. The van der Waals surface area contributed by atoms with Crippen LogP contribution in [0.15, 0.2) is 53.0 Å². The highest BCUT2D eigenvalue weighted by Crippen LogP contribution is 2.15. The average molecular weight is 432 g/mol. The van der Waals surface area contributed by atoms with Gasteiger partial charge in [0.1, 0.15) is 6.04 Å². The number of carbonyl (C=O) groups excluding carboxylic acids is 3. The van der Waals surface area contributed by atoms with Crippen LogP contribution in [0.3, 0.4) is 0 Å². The third kappa shape index (κ3) is 6.21. The maximum Gasteiger partial charge on any atom is 0.251 e. The third-order valence-electron chi connectivity index (χ3n) is 3.81. The molecule has 1 atom stereocenters. The lowest BCUT2D eigenvalue weighted by molar-refractivity contribution is -0.119. The van der Waals surface area contributed by atoms with E-state index in [1.165, 1.54) is 6.92 Å². The van der Waals surface area contributed by atoms with Crippen molar-refractivity contribution >= 4 is 45.0 Å². The second-order valence-corrected chi connectivity index (χ2v) is 7.37. The number of rotatable bonds is 6. The first-order valence-corrected chi connectivity index (χ1v) is 9.30. The van der Waals surface area contributed by atoms with Gasteiger partial charge in [-0.3, -0.25) is 14.4 Å². The quantitative estimate of drug-likeness (QED) is 0.649. The second-order valence-electron chi connectivity index (χ2n) is 6.45. The van der Waals surface area contributed by atoms with Gasteiger partial charge in [-0.2, -0.15) is 0 Å². The summed E-state index contributed by atoms with van der Waals surface area (Å²) in [6, 6.07) is 13.0. The van der Waals surface area contributed by atoms with Crippen LogP contribution >= 0.6 is 15.9 Å². The van der Waals surface area contributed by atoms with Crippen LogP contribution in [0.1, 0.15) is 31.1 Å². The van der Waals surface area contributed by atoms with Gasteiger partial charge in [-0.1, -0.05) is 29.8 Å². The summed E-state index contributed by atoms with van der Waals surface area (Å²) in [6.45, 7) is 5.16. The number of anilines is 2. The summed E-state index contributed by atoms with van der Waals surface area (Å²) >= 11 is 3.33. The second kappa shape index (κ2) is 9.32. The number of benzene rings is 2. The molecule has 3 N–H and O–H groups in total. The molecule has 142 valence electrons. The smallest absolute Gasteiger partial charge is 0.251 e. The van der Waals surface area contributed by atoms with Gasteiger partial charge in [0.25, 0.3) is 5.91 Å². The molecule has 0 saturated heterocycles. The molecule has 0 radical (unpaired) electrons. The number of nitrogens with one attached hydrogen (secondary N) is 3. The summed E-state index contributed by atoms with van der Waals surface area (Å²) in [7, 11) is 0. The lowest BCUT2D eigenvalue weighted by atomic mass is 10.0. The van der Waals surface area contributed by atoms with Crippen LogP contribution in [0.5, 0.6) is 0 Å². The molecule has 3 amide bonds. The Morgan fingerprint density at radius 3 is 1.85 bits per heavy atom. The first-order valence-electron chi connectivity index (χ1n) is 8.51. The van der Waals surface area contributed by atoms with Crippen molar-refractivity contribution in [3.63, 3.8) is 0 Å². The van der Waals surface area contributed by atoms with Crippen LogP contribution in [0, 0.1) is 5.92 Å². The van der Waals surface area contributed by atoms with E-state index >= 15 is 0 Å². The number of amides is 3. The Morgan fingerprint density at radius 2 is 1.37 bits per heavy atom. The van der Waals surface area contributed by atoms with Crippen LogP contribution in [0.25, 0.3) is 0 Å². The minimum absolute atomic E-state index is 0.0944. The molecule has 0 aromatic heterocycles. The van der Waals surface area contributed by atoms with Crippen molar-refractivity contribution in [1.82, 2.24) is 5.32 Å². The van der Waals surface area contributed by atoms with Crippen LogP contribution in [-0.2, 0) is 9.59 Å². The van der Waals surface area contributed by atoms with Crippen molar-refractivity contribution in [2.24, 2.45) is 5.92 Å². The molecule has 0 unspecified atom stereocenters. The van der Waals surface area contributed by atoms with Gasteiger partial charge in [0.15, 0.2) is 0 Å². The largest absolute Gasteiger partial charge is 0.340 e. The Morgan fingerprint density at radius 1 is 0.852 bits per heavy atom. The molecule has 0 bridgehead atoms. The molecule has 0 fully saturated rings. The highest BCUT2D eigenvalue weighted by atomic mass is 79.9. The predicted molar refractivity (Wildman–Crippen MR) is 110 cm³/mol. The van der Waals surface area contributed by atoms with Crippen LogP contribution < -0.4 is 16.0 Å². The van der Waals surface area contributed by atoms with Crippen molar-refractivity contribution in [3.8, 4) is 0 Å². The van der Waals surface area contributed by atoms with Gasteiger partial charge in [0, 0.05) is 28.3 Å². The lowest BCUT2D eigenvalue weighted by Crippen LogP contribution is -2.47. The Kier molecular flexibility index (Phi) is 7.12. The van der Waals surface area contributed by atoms with Gasteiger partial charge < -0.3 is 16.0 Å². The third-order valence-corrected chi connectivity index (χ3v) is 4.34. The van der Waals surface area contributed by atoms with Crippen molar-refractivity contribution in [1.29, 1.82) is 0 Å². The van der Waals surface area contributed by atoms with Crippen LogP contribution in [0.2, 0.25) is 0 Å². The lowest BCUT2D eigenvalue weighted by Gasteiger charge is -2.22. The fourth-order valence-corrected chi connectivity index (χ4v) is 2.69. The minimum Gasteiger partial charge on any atom is -0.340 e. The van der Waals surface area contributed by atoms with E-state index in [4.69, 9.17) is 0 Å². The van der Waals surface area contributed by atoms with Crippen molar-refractivity contribution in [2.45, 2.75) is 26.8 Å². The normalized spacial score (nSPS) is 11.6. The van der Waals surface area contributed by atoms with E-state index in [1.54, 1.807) is 48.5 Å². The molecule has 0 aliphatic heterocycles. The molecule has 0 spiro atoms. The molecule has 2 rings (SSSR count). The Hall–Kier alpha value is -2.67. The number of hydrogen-bond acceptors (Lipinski definition) is 3. The van der Waals surface area contributed by atoms with E-state index in [9.17, 15) is 14.4 Å². The first kappa shape index (κ1) is 20.6. The molecule has 27 heavy (non-hydrogen) atoms. The Labute approximate surface area is 166 Å². The number of halogens is 1. The van der Waals surface area contributed by atoms with Crippen LogP contribution in [0.4, 0.5) is 11.4 Å². The minimum atomic E-state index is -0.684. The highest BCUT2D eigenvalue weighted by Gasteiger charge is 2.24. The summed E-state index contributed by atoms with van der Waals surface area (Å²) in [5.41, 5.74) is 1.71. The van der Waals surface area contributed by atoms with E-state index in [-0.39, 0.29) is 23.6 Å². The monoisotopic (exact) mass is 431 g/mol. The van der Waals surface area contributed by atoms with E-state index in [1.807, 2.05) is 13.8 Å². The standard InChI is InChI=1S/C20H22BrN3O3/c1-12(2)18(24-19(26)14-4-6-15(21)7-5-14)20(27)23-17-10-8-16(9-11-17)22-13(3)25/h4-12,18H,1-3H3,(H,22,25)(H,23,27)(H,24,26)/t18-/m0/s1. The van der Waals surface area contributed by atoms with E-state index < -0.39 is 6.04 Å². The summed E-state index contributed by atoms with van der Waals surface area (Å²) in [5, 5.41) is 8.24. The fraction of sp³-hybridized carbons (Fsp3) is 0.250. The van der Waals surface area contributed by atoms with Crippen molar-refractivity contribution in [3.05, 3.63) is 58.6 Å². The first-order chi connectivity index (χ1) is 12.8. The maximum atomic E-state index is 12.6. The Bertz CT molecular complexity index is 817. The molecular weight excluding hydrogens is 410 g/mol. The van der Waals surface area contributed by atoms with Crippen LogP contribution in [-0.4, -0.2) is 23.8 Å². The zero-order valence-corrected chi connectivity index (χ0v) is 17.0. The van der Waals surface area contributed by atoms with E-state index in [2.05, 4.69) is 31.9 Å². The van der Waals surface area contributed by atoms with Gasteiger partial charge in [-0.25, -0.2) is 0 Å². The highest BCUT2D eigenvalue weighted by molar-refractivity contribution is 9.10. The molecule has 7 heteroatoms. The average Bonchev–Trinajstić information content (AvgIpc) is 2.61. The molecule has 2 aromatic rings. The SMILES string of the molecule is CC(=O)Nc1ccc(NC(=O)[C@@H](NC(=O)c2ccc(Br)cc2)C(C)C)cc1. The Balaban J connectivity index is 2.04.